The molecule has 0 N–H and O–H groups in total. The zero-order valence-electron chi connectivity index (χ0n) is 14.2. The molecule has 0 unspecified atom stereocenters. The van der Waals surface area contributed by atoms with Crippen LogP contribution in [0.15, 0.2) is 59.6 Å². The minimum atomic E-state index is 1.04. The number of rotatable bonds is 3. The third-order valence-electron chi connectivity index (χ3n) is 4.19. The van der Waals surface area contributed by atoms with Gasteiger partial charge in [-0.25, -0.2) is 0 Å². The van der Waals surface area contributed by atoms with Gasteiger partial charge in [0.15, 0.2) is 0 Å². The Morgan fingerprint density at radius 1 is 0.870 bits per heavy atom. The summed E-state index contributed by atoms with van der Waals surface area (Å²) in [4.78, 5) is 4.71. The number of benzene rings is 2. The number of para-hydroxylation sites is 1. The molecule has 0 bridgehead atoms. The molecule has 0 aliphatic heterocycles. The first-order chi connectivity index (χ1) is 11.1. The van der Waals surface area contributed by atoms with Crippen LogP contribution in [0.3, 0.4) is 0 Å². The molecule has 0 aliphatic carbocycles. The molecule has 0 atom stereocenters. The van der Waals surface area contributed by atoms with Crippen molar-refractivity contribution in [3.8, 4) is 5.69 Å². The number of hydrogen-bond donors (Lipinski definition) is 0. The largest absolute Gasteiger partial charge is 0.318 e. The summed E-state index contributed by atoms with van der Waals surface area (Å²) in [7, 11) is 0. The van der Waals surface area contributed by atoms with Crippen molar-refractivity contribution in [2.24, 2.45) is 4.99 Å². The van der Waals surface area contributed by atoms with E-state index in [0.29, 0.717) is 0 Å². The Labute approximate surface area is 138 Å². The molecule has 0 amide bonds. The summed E-state index contributed by atoms with van der Waals surface area (Å²) in [5.41, 5.74) is 8.25. The van der Waals surface area contributed by atoms with E-state index in [1.54, 1.807) is 0 Å². The minimum Gasteiger partial charge on any atom is -0.318 e. The van der Waals surface area contributed by atoms with E-state index in [0.717, 1.165) is 11.3 Å². The van der Waals surface area contributed by atoms with Crippen LogP contribution in [0.25, 0.3) is 5.69 Å². The maximum Gasteiger partial charge on any atom is 0.0661 e. The average molecular weight is 302 g/mol. The first kappa shape index (κ1) is 15.3. The third-order valence-corrected chi connectivity index (χ3v) is 4.19. The highest BCUT2D eigenvalue weighted by Crippen LogP contribution is 2.22. The van der Waals surface area contributed by atoms with Gasteiger partial charge in [0.05, 0.1) is 5.69 Å². The lowest BCUT2D eigenvalue weighted by atomic mass is 10.1. The fourth-order valence-electron chi connectivity index (χ4n) is 2.89. The molecule has 0 saturated heterocycles. The Hall–Kier alpha value is -2.61. The van der Waals surface area contributed by atoms with Crippen LogP contribution >= 0.6 is 0 Å². The summed E-state index contributed by atoms with van der Waals surface area (Å²) < 4.78 is 2.27. The Bertz CT molecular complexity index is 855. The third kappa shape index (κ3) is 3.11. The first-order valence-electron chi connectivity index (χ1n) is 7.92. The van der Waals surface area contributed by atoms with Crippen LogP contribution in [0, 0.1) is 27.7 Å². The van der Waals surface area contributed by atoms with Crippen molar-refractivity contribution < 1.29 is 0 Å². The molecule has 2 aromatic carbocycles. The molecule has 3 aromatic rings. The standard InChI is InChI=1S/C21H22N2/c1-15-10-11-16(2)21(12-15)22-14-19-13-17(3)23(18(19)4)20-8-6-5-7-9-20/h5-14H,1-4H3. The van der Waals surface area contributed by atoms with E-state index in [1.165, 1.54) is 28.2 Å². The topological polar surface area (TPSA) is 17.3 Å². The van der Waals surface area contributed by atoms with Gasteiger partial charge in [0.25, 0.3) is 0 Å². The van der Waals surface area contributed by atoms with Crippen molar-refractivity contribution in [3.63, 3.8) is 0 Å². The Morgan fingerprint density at radius 3 is 2.35 bits per heavy atom. The van der Waals surface area contributed by atoms with Gasteiger partial charge in [0.1, 0.15) is 0 Å². The maximum atomic E-state index is 4.71. The second-order valence-corrected chi connectivity index (χ2v) is 6.05. The SMILES string of the molecule is Cc1ccc(C)c(N=Cc2cc(C)n(-c3ccccc3)c2C)c1. The lowest BCUT2D eigenvalue weighted by molar-refractivity contribution is 0.965. The van der Waals surface area contributed by atoms with E-state index in [-0.39, 0.29) is 0 Å². The fourth-order valence-corrected chi connectivity index (χ4v) is 2.89. The fraction of sp³-hybridized carbons (Fsp3) is 0.190. The molecular formula is C21H22N2. The molecule has 1 aromatic heterocycles. The van der Waals surface area contributed by atoms with Crippen molar-refractivity contribution >= 4 is 11.9 Å². The number of aromatic nitrogens is 1. The quantitative estimate of drug-likeness (QED) is 0.571. The lowest BCUT2D eigenvalue weighted by Gasteiger charge is -2.09. The van der Waals surface area contributed by atoms with Crippen molar-refractivity contribution in [1.82, 2.24) is 4.57 Å². The van der Waals surface area contributed by atoms with E-state index in [1.807, 2.05) is 12.3 Å². The maximum absolute atomic E-state index is 4.71. The zero-order valence-corrected chi connectivity index (χ0v) is 14.2. The van der Waals surface area contributed by atoms with Crippen molar-refractivity contribution in [2.75, 3.05) is 0 Å². The molecule has 0 aliphatic rings. The molecule has 0 saturated carbocycles. The highest BCUT2D eigenvalue weighted by atomic mass is 15.0. The van der Waals surface area contributed by atoms with Gasteiger partial charge in [0, 0.05) is 28.9 Å². The summed E-state index contributed by atoms with van der Waals surface area (Å²) in [6.45, 7) is 8.47. The minimum absolute atomic E-state index is 1.04. The number of hydrogen-bond acceptors (Lipinski definition) is 1. The summed E-state index contributed by atoms with van der Waals surface area (Å²) >= 11 is 0. The van der Waals surface area contributed by atoms with E-state index in [2.05, 4.69) is 80.8 Å². The number of nitrogens with zero attached hydrogens (tertiary/aromatic N) is 2. The van der Waals surface area contributed by atoms with Crippen LogP contribution in [0.2, 0.25) is 0 Å². The van der Waals surface area contributed by atoms with Gasteiger partial charge < -0.3 is 4.57 Å². The van der Waals surface area contributed by atoms with Crippen LogP contribution in [0.1, 0.15) is 28.1 Å². The van der Waals surface area contributed by atoms with Crippen LogP contribution in [-0.2, 0) is 0 Å². The van der Waals surface area contributed by atoms with Gasteiger partial charge in [-0.05, 0) is 63.1 Å². The molecule has 0 fully saturated rings. The molecule has 0 spiro atoms. The van der Waals surface area contributed by atoms with Gasteiger partial charge in [0.2, 0.25) is 0 Å². The normalized spacial score (nSPS) is 11.3. The van der Waals surface area contributed by atoms with E-state index in [4.69, 9.17) is 4.99 Å². The Balaban J connectivity index is 1.99. The summed E-state index contributed by atoms with van der Waals surface area (Å²) in [5, 5.41) is 0. The first-order valence-corrected chi connectivity index (χ1v) is 7.92. The zero-order chi connectivity index (χ0) is 16.4. The molecule has 116 valence electrons. The monoisotopic (exact) mass is 302 g/mol. The molecule has 1 heterocycles. The van der Waals surface area contributed by atoms with E-state index >= 15 is 0 Å². The Morgan fingerprint density at radius 2 is 1.61 bits per heavy atom. The molecule has 3 rings (SSSR count). The highest BCUT2D eigenvalue weighted by molar-refractivity contribution is 5.84. The van der Waals surface area contributed by atoms with E-state index in [9.17, 15) is 0 Å². The van der Waals surface area contributed by atoms with Crippen LogP contribution < -0.4 is 0 Å². The Kier molecular flexibility index (Phi) is 4.16. The van der Waals surface area contributed by atoms with Crippen LogP contribution in [0.4, 0.5) is 5.69 Å². The lowest BCUT2D eigenvalue weighted by Crippen LogP contribution is -1.99. The van der Waals surface area contributed by atoms with Crippen LogP contribution in [-0.4, -0.2) is 10.8 Å². The molecular weight excluding hydrogens is 280 g/mol. The second-order valence-electron chi connectivity index (χ2n) is 6.05. The molecule has 2 nitrogen and oxygen atoms in total. The predicted molar refractivity (Wildman–Crippen MR) is 98.4 cm³/mol. The smallest absolute Gasteiger partial charge is 0.0661 e. The predicted octanol–water partition coefficient (Wildman–Crippen LogP) is 5.46. The van der Waals surface area contributed by atoms with Crippen molar-refractivity contribution in [1.29, 1.82) is 0 Å². The molecule has 2 heteroatoms. The van der Waals surface area contributed by atoms with Gasteiger partial charge in [-0.3, -0.25) is 4.99 Å². The van der Waals surface area contributed by atoms with Gasteiger partial charge in [-0.2, -0.15) is 0 Å². The second kappa shape index (κ2) is 6.25. The van der Waals surface area contributed by atoms with Gasteiger partial charge in [-0.15, -0.1) is 0 Å². The van der Waals surface area contributed by atoms with Crippen molar-refractivity contribution in [3.05, 3.63) is 82.7 Å². The summed E-state index contributed by atoms with van der Waals surface area (Å²) in [6.07, 6.45) is 1.98. The highest BCUT2D eigenvalue weighted by Gasteiger charge is 2.09. The molecule has 0 radical (unpaired) electrons. The average Bonchev–Trinajstić information content (AvgIpc) is 2.83. The number of aliphatic imine (C=N–C) groups is 1. The van der Waals surface area contributed by atoms with Gasteiger partial charge in [-0.1, -0.05) is 30.3 Å². The number of aryl methyl sites for hydroxylation is 3. The van der Waals surface area contributed by atoms with Crippen molar-refractivity contribution in [2.45, 2.75) is 27.7 Å². The van der Waals surface area contributed by atoms with Crippen LogP contribution in [0.5, 0.6) is 0 Å². The summed E-state index contributed by atoms with van der Waals surface area (Å²) in [5.74, 6) is 0. The molecule has 23 heavy (non-hydrogen) atoms. The van der Waals surface area contributed by atoms with E-state index < -0.39 is 0 Å². The summed E-state index contributed by atoms with van der Waals surface area (Å²) in [6, 6.07) is 19.0. The van der Waals surface area contributed by atoms with Gasteiger partial charge >= 0.3 is 0 Å².